The standard InChI is InChI=1S/C13H12N4O6S/c14-24(22,23)9-2-3-10(11(6-9)17(20)21)16-15-7-8-1-4-12(18)13(19)5-8/h1-7,16,18-19H,(H2,14,22,23)/b15-7+. The van der Waals surface area contributed by atoms with Crippen molar-refractivity contribution in [2.45, 2.75) is 4.90 Å². The Kier molecular flexibility index (Phi) is 4.66. The number of nitrogens with zero attached hydrogens (tertiary/aromatic N) is 2. The molecule has 2 rings (SSSR count). The van der Waals surface area contributed by atoms with Gasteiger partial charge in [0.15, 0.2) is 11.5 Å². The third kappa shape index (κ3) is 3.97. The van der Waals surface area contributed by atoms with Gasteiger partial charge in [0.1, 0.15) is 5.69 Å². The number of phenolic OH excluding ortho intramolecular Hbond substituents is 2. The highest BCUT2D eigenvalue weighted by molar-refractivity contribution is 7.89. The first-order valence-corrected chi connectivity index (χ1v) is 7.85. The number of hydrogen-bond acceptors (Lipinski definition) is 8. The molecular weight excluding hydrogens is 340 g/mol. The van der Waals surface area contributed by atoms with Gasteiger partial charge in [-0.2, -0.15) is 5.10 Å². The Morgan fingerprint density at radius 3 is 2.46 bits per heavy atom. The fourth-order valence-corrected chi connectivity index (χ4v) is 2.26. The molecule has 0 aliphatic carbocycles. The minimum Gasteiger partial charge on any atom is -0.504 e. The van der Waals surface area contributed by atoms with Crippen LogP contribution in [-0.2, 0) is 10.0 Å². The normalized spacial score (nSPS) is 11.5. The number of aromatic hydroxyl groups is 2. The number of nitrogens with two attached hydrogens (primary N) is 1. The summed E-state index contributed by atoms with van der Waals surface area (Å²) in [7, 11) is -4.07. The average Bonchev–Trinajstić information content (AvgIpc) is 2.50. The van der Waals surface area contributed by atoms with Gasteiger partial charge in [-0.1, -0.05) is 0 Å². The average molecular weight is 352 g/mol. The molecule has 0 saturated heterocycles. The quantitative estimate of drug-likeness (QED) is 0.270. The zero-order valence-corrected chi connectivity index (χ0v) is 12.8. The predicted molar refractivity (Wildman–Crippen MR) is 85.5 cm³/mol. The van der Waals surface area contributed by atoms with Crippen LogP contribution in [0.15, 0.2) is 46.4 Å². The van der Waals surface area contributed by atoms with Crippen LogP contribution in [0.1, 0.15) is 5.56 Å². The van der Waals surface area contributed by atoms with Crippen LogP contribution in [-0.4, -0.2) is 29.8 Å². The summed E-state index contributed by atoms with van der Waals surface area (Å²) in [6.45, 7) is 0. The fraction of sp³-hybridized carbons (Fsp3) is 0. The molecule has 5 N–H and O–H groups in total. The molecule has 11 heteroatoms. The molecule has 0 saturated carbocycles. The van der Waals surface area contributed by atoms with Gasteiger partial charge in [0.2, 0.25) is 10.0 Å². The van der Waals surface area contributed by atoms with Crippen molar-refractivity contribution in [2.24, 2.45) is 10.2 Å². The summed E-state index contributed by atoms with van der Waals surface area (Å²) >= 11 is 0. The van der Waals surface area contributed by atoms with Crippen molar-refractivity contribution in [2.75, 3.05) is 5.43 Å². The van der Waals surface area contributed by atoms with E-state index in [2.05, 4.69) is 10.5 Å². The SMILES string of the molecule is NS(=O)(=O)c1ccc(N/N=C/c2ccc(O)c(O)c2)c([N+](=O)[O-])c1. The van der Waals surface area contributed by atoms with Crippen LogP contribution < -0.4 is 10.6 Å². The number of primary sulfonamides is 1. The molecule has 0 amide bonds. The molecule has 0 aliphatic rings. The van der Waals surface area contributed by atoms with Crippen LogP contribution in [0.5, 0.6) is 11.5 Å². The molecule has 0 spiro atoms. The Hall–Kier alpha value is -3.18. The zero-order chi connectivity index (χ0) is 17.9. The van der Waals surface area contributed by atoms with Crippen molar-refractivity contribution >= 4 is 27.6 Å². The number of hydrazone groups is 1. The summed E-state index contributed by atoms with van der Waals surface area (Å²) in [6.07, 6.45) is 1.25. The highest BCUT2D eigenvalue weighted by Crippen LogP contribution is 2.27. The lowest BCUT2D eigenvalue weighted by Gasteiger charge is -2.04. The number of benzene rings is 2. The van der Waals surface area contributed by atoms with E-state index < -0.39 is 25.5 Å². The van der Waals surface area contributed by atoms with Gasteiger partial charge in [0, 0.05) is 6.07 Å². The van der Waals surface area contributed by atoms with Gasteiger partial charge in [-0.25, -0.2) is 13.6 Å². The van der Waals surface area contributed by atoms with Crippen molar-refractivity contribution in [1.29, 1.82) is 0 Å². The van der Waals surface area contributed by atoms with Crippen LogP contribution in [0, 0.1) is 10.1 Å². The van der Waals surface area contributed by atoms with Crippen LogP contribution >= 0.6 is 0 Å². The molecule has 0 aromatic heterocycles. The van der Waals surface area contributed by atoms with Gasteiger partial charge in [0.05, 0.1) is 16.0 Å². The molecule has 0 bridgehead atoms. The van der Waals surface area contributed by atoms with E-state index >= 15 is 0 Å². The number of nitro groups is 1. The predicted octanol–water partition coefficient (Wildman–Crippen LogP) is 1.10. The Balaban J connectivity index is 2.27. The monoisotopic (exact) mass is 352 g/mol. The molecule has 0 unspecified atom stereocenters. The van der Waals surface area contributed by atoms with Gasteiger partial charge in [-0.3, -0.25) is 15.5 Å². The van der Waals surface area contributed by atoms with Crippen molar-refractivity contribution in [3.8, 4) is 11.5 Å². The molecule has 2 aromatic rings. The summed E-state index contributed by atoms with van der Waals surface area (Å²) in [5.41, 5.74) is 2.25. The first-order valence-electron chi connectivity index (χ1n) is 6.31. The minimum atomic E-state index is -4.07. The zero-order valence-electron chi connectivity index (χ0n) is 11.9. The second kappa shape index (κ2) is 6.52. The van der Waals surface area contributed by atoms with E-state index in [0.717, 1.165) is 18.2 Å². The molecule has 0 aliphatic heterocycles. The van der Waals surface area contributed by atoms with E-state index in [4.69, 9.17) is 5.14 Å². The van der Waals surface area contributed by atoms with E-state index in [-0.39, 0.29) is 17.2 Å². The number of phenols is 2. The number of nitrogens with one attached hydrogen (secondary N) is 1. The molecule has 126 valence electrons. The summed E-state index contributed by atoms with van der Waals surface area (Å²) in [5.74, 6) is -0.642. The van der Waals surface area contributed by atoms with E-state index in [9.17, 15) is 28.7 Å². The highest BCUT2D eigenvalue weighted by Gasteiger charge is 2.18. The Morgan fingerprint density at radius 2 is 1.88 bits per heavy atom. The Labute approximate surface area is 136 Å². The maximum Gasteiger partial charge on any atom is 0.295 e. The van der Waals surface area contributed by atoms with E-state index in [0.29, 0.717) is 5.56 Å². The number of sulfonamides is 1. The van der Waals surface area contributed by atoms with Crippen molar-refractivity contribution in [3.63, 3.8) is 0 Å². The third-order valence-electron chi connectivity index (χ3n) is 2.89. The van der Waals surface area contributed by atoms with Crippen molar-refractivity contribution in [1.82, 2.24) is 0 Å². The number of rotatable bonds is 5. The number of nitro benzene ring substituents is 1. The van der Waals surface area contributed by atoms with E-state index in [1.54, 1.807) is 0 Å². The second-order valence-corrected chi connectivity index (χ2v) is 6.16. The minimum absolute atomic E-state index is 0.0494. The summed E-state index contributed by atoms with van der Waals surface area (Å²) in [6, 6.07) is 7.02. The van der Waals surface area contributed by atoms with Gasteiger partial charge in [0.25, 0.3) is 5.69 Å². The highest BCUT2D eigenvalue weighted by atomic mass is 32.2. The van der Waals surface area contributed by atoms with Gasteiger partial charge in [-0.15, -0.1) is 0 Å². The van der Waals surface area contributed by atoms with Crippen LogP contribution in [0.4, 0.5) is 11.4 Å². The maximum absolute atomic E-state index is 11.2. The molecule has 0 heterocycles. The van der Waals surface area contributed by atoms with Crippen LogP contribution in [0.2, 0.25) is 0 Å². The smallest absolute Gasteiger partial charge is 0.295 e. The molecule has 0 fully saturated rings. The Morgan fingerprint density at radius 1 is 1.17 bits per heavy atom. The maximum atomic E-state index is 11.2. The van der Waals surface area contributed by atoms with E-state index in [1.807, 2.05) is 0 Å². The lowest BCUT2D eigenvalue weighted by Crippen LogP contribution is -2.12. The molecule has 0 radical (unpaired) electrons. The van der Waals surface area contributed by atoms with Gasteiger partial charge >= 0.3 is 0 Å². The molecule has 0 atom stereocenters. The second-order valence-electron chi connectivity index (χ2n) is 4.60. The Bertz CT molecular complexity index is 926. The first kappa shape index (κ1) is 17.2. The summed E-state index contributed by atoms with van der Waals surface area (Å²) in [4.78, 5) is 9.86. The summed E-state index contributed by atoms with van der Waals surface area (Å²) < 4.78 is 22.5. The van der Waals surface area contributed by atoms with Gasteiger partial charge in [-0.05, 0) is 35.9 Å². The summed E-state index contributed by atoms with van der Waals surface area (Å²) in [5, 5.41) is 38.3. The molecule has 24 heavy (non-hydrogen) atoms. The van der Waals surface area contributed by atoms with Crippen LogP contribution in [0.25, 0.3) is 0 Å². The largest absolute Gasteiger partial charge is 0.504 e. The van der Waals surface area contributed by atoms with Crippen molar-refractivity contribution < 1.29 is 23.6 Å². The third-order valence-corrected chi connectivity index (χ3v) is 3.80. The van der Waals surface area contributed by atoms with E-state index in [1.165, 1.54) is 24.4 Å². The topological polar surface area (TPSA) is 168 Å². The van der Waals surface area contributed by atoms with Crippen LogP contribution in [0.3, 0.4) is 0 Å². The van der Waals surface area contributed by atoms with Gasteiger partial charge < -0.3 is 10.2 Å². The van der Waals surface area contributed by atoms with Crippen molar-refractivity contribution in [3.05, 3.63) is 52.1 Å². The fourth-order valence-electron chi connectivity index (χ4n) is 1.73. The first-order chi connectivity index (χ1) is 11.2. The molecule has 10 nitrogen and oxygen atoms in total. The lowest BCUT2D eigenvalue weighted by molar-refractivity contribution is -0.384. The molecule has 2 aromatic carbocycles. The number of hydrogen-bond donors (Lipinski definition) is 4. The molecular formula is C13H12N4O6S. The number of anilines is 1. The lowest BCUT2D eigenvalue weighted by atomic mass is 10.2.